The summed E-state index contributed by atoms with van der Waals surface area (Å²) in [4.78, 5) is 23.8. The third kappa shape index (κ3) is 3.09. The van der Waals surface area contributed by atoms with Gasteiger partial charge in [0.25, 0.3) is 0 Å². The molecular formula is C14H19NO3. The molecule has 1 atom stereocenters. The Morgan fingerprint density at radius 3 is 2.61 bits per heavy atom. The van der Waals surface area contributed by atoms with Crippen molar-refractivity contribution in [3.05, 3.63) is 34.9 Å². The molecule has 1 rings (SSSR count). The Hall–Kier alpha value is -1.84. The lowest BCUT2D eigenvalue weighted by atomic mass is 9.98. The second-order valence-electron chi connectivity index (χ2n) is 4.44. The number of aryl methyl sites for hydroxylation is 2. The molecular weight excluding hydrogens is 230 g/mol. The summed E-state index contributed by atoms with van der Waals surface area (Å²) in [5.41, 5.74) is 2.56. The summed E-state index contributed by atoms with van der Waals surface area (Å²) >= 11 is 0. The monoisotopic (exact) mass is 249 g/mol. The van der Waals surface area contributed by atoms with Crippen LogP contribution in [0.5, 0.6) is 0 Å². The second-order valence-corrected chi connectivity index (χ2v) is 4.44. The first-order valence-electron chi connectivity index (χ1n) is 6.02. The van der Waals surface area contributed by atoms with Crippen molar-refractivity contribution in [3.8, 4) is 0 Å². The first-order chi connectivity index (χ1) is 8.51. The van der Waals surface area contributed by atoms with Crippen molar-refractivity contribution in [1.82, 2.24) is 4.90 Å². The summed E-state index contributed by atoms with van der Waals surface area (Å²) in [6.07, 6.45) is 1.34. The molecule has 0 saturated carbocycles. The lowest BCUT2D eigenvalue weighted by Crippen LogP contribution is -2.34. The average molecular weight is 249 g/mol. The molecule has 98 valence electrons. The summed E-state index contributed by atoms with van der Waals surface area (Å²) in [7, 11) is 0. The molecule has 4 nitrogen and oxygen atoms in total. The lowest BCUT2D eigenvalue weighted by molar-refractivity contribution is -0.146. The molecule has 0 aromatic heterocycles. The minimum absolute atomic E-state index is 0.438. The highest BCUT2D eigenvalue weighted by Gasteiger charge is 2.27. The number of hydrogen-bond donors (Lipinski definition) is 1. The molecule has 0 aliphatic heterocycles. The highest BCUT2D eigenvalue weighted by Crippen LogP contribution is 2.24. The zero-order valence-electron chi connectivity index (χ0n) is 11.0. The number of amides is 1. The van der Waals surface area contributed by atoms with Gasteiger partial charge in [-0.25, -0.2) is 4.79 Å². The van der Waals surface area contributed by atoms with Crippen LogP contribution >= 0.6 is 0 Å². The average Bonchev–Trinajstić information content (AvgIpc) is 2.32. The van der Waals surface area contributed by atoms with Crippen LogP contribution in [0.4, 0.5) is 0 Å². The summed E-state index contributed by atoms with van der Waals surface area (Å²) in [5, 5.41) is 9.37. The molecule has 1 unspecified atom stereocenters. The molecule has 1 amide bonds. The van der Waals surface area contributed by atoms with E-state index in [1.54, 1.807) is 0 Å². The fourth-order valence-corrected chi connectivity index (χ4v) is 2.01. The molecule has 0 radical (unpaired) electrons. The smallest absolute Gasteiger partial charge is 0.331 e. The molecule has 0 spiro atoms. The maximum atomic E-state index is 11.4. The molecule has 4 heteroatoms. The second kappa shape index (κ2) is 6.19. The van der Waals surface area contributed by atoms with Crippen molar-refractivity contribution in [2.45, 2.75) is 33.2 Å². The van der Waals surface area contributed by atoms with Crippen molar-refractivity contribution >= 4 is 12.4 Å². The van der Waals surface area contributed by atoms with Crippen LogP contribution in [0.3, 0.4) is 0 Å². The van der Waals surface area contributed by atoms with E-state index in [1.807, 2.05) is 39.0 Å². The number of aliphatic carboxylic acids is 1. The first-order valence-corrected chi connectivity index (χ1v) is 6.02. The van der Waals surface area contributed by atoms with Crippen LogP contribution in [0.2, 0.25) is 0 Å². The predicted octanol–water partition coefficient (Wildman–Crippen LogP) is 2.30. The van der Waals surface area contributed by atoms with Crippen LogP contribution in [0.15, 0.2) is 18.2 Å². The van der Waals surface area contributed by atoms with Gasteiger partial charge in [0.15, 0.2) is 6.04 Å². The SMILES string of the molecule is CCCN(C=O)C(C(=O)O)c1cc(C)ccc1C. The Balaban J connectivity index is 3.22. The minimum Gasteiger partial charge on any atom is -0.479 e. The third-order valence-electron chi connectivity index (χ3n) is 2.91. The number of carbonyl (C=O) groups is 2. The highest BCUT2D eigenvalue weighted by atomic mass is 16.4. The number of hydrogen-bond acceptors (Lipinski definition) is 2. The van der Waals surface area contributed by atoms with Gasteiger partial charge in [0.1, 0.15) is 0 Å². The van der Waals surface area contributed by atoms with E-state index in [1.165, 1.54) is 4.90 Å². The molecule has 0 saturated heterocycles. The topological polar surface area (TPSA) is 57.6 Å². The minimum atomic E-state index is -0.996. The molecule has 18 heavy (non-hydrogen) atoms. The van der Waals surface area contributed by atoms with Gasteiger partial charge in [-0.15, -0.1) is 0 Å². The lowest BCUT2D eigenvalue weighted by Gasteiger charge is -2.26. The van der Waals surface area contributed by atoms with Gasteiger partial charge < -0.3 is 10.0 Å². The Labute approximate surface area is 107 Å². The van der Waals surface area contributed by atoms with E-state index in [9.17, 15) is 14.7 Å². The van der Waals surface area contributed by atoms with Crippen LogP contribution < -0.4 is 0 Å². The number of benzene rings is 1. The van der Waals surface area contributed by atoms with Gasteiger partial charge >= 0.3 is 5.97 Å². The van der Waals surface area contributed by atoms with E-state index in [0.29, 0.717) is 18.5 Å². The number of carbonyl (C=O) groups excluding carboxylic acids is 1. The molecule has 1 aromatic rings. The third-order valence-corrected chi connectivity index (χ3v) is 2.91. The Morgan fingerprint density at radius 1 is 1.44 bits per heavy atom. The van der Waals surface area contributed by atoms with E-state index >= 15 is 0 Å². The van der Waals surface area contributed by atoms with E-state index < -0.39 is 12.0 Å². The largest absolute Gasteiger partial charge is 0.479 e. The number of carboxylic acid groups (broad SMARTS) is 1. The van der Waals surface area contributed by atoms with Crippen LogP contribution in [0, 0.1) is 13.8 Å². The molecule has 0 aliphatic carbocycles. The first kappa shape index (κ1) is 14.2. The molecule has 0 aliphatic rings. The Bertz CT molecular complexity index is 443. The van der Waals surface area contributed by atoms with Gasteiger partial charge in [0.2, 0.25) is 6.41 Å². The summed E-state index contributed by atoms with van der Waals surface area (Å²) in [6, 6.07) is 4.75. The van der Waals surface area contributed by atoms with Crippen molar-refractivity contribution in [2.24, 2.45) is 0 Å². The van der Waals surface area contributed by atoms with Gasteiger partial charge in [0.05, 0.1) is 0 Å². The predicted molar refractivity (Wildman–Crippen MR) is 69.4 cm³/mol. The fraction of sp³-hybridized carbons (Fsp3) is 0.429. The normalized spacial score (nSPS) is 11.9. The number of carboxylic acids is 1. The summed E-state index contributed by atoms with van der Waals surface area (Å²) in [5.74, 6) is -0.996. The molecule has 0 heterocycles. The number of rotatable bonds is 6. The fourth-order valence-electron chi connectivity index (χ4n) is 2.01. The van der Waals surface area contributed by atoms with Crippen LogP contribution in [-0.4, -0.2) is 28.9 Å². The molecule has 1 aromatic carbocycles. The molecule has 1 N–H and O–H groups in total. The van der Waals surface area contributed by atoms with Gasteiger partial charge in [-0.1, -0.05) is 30.7 Å². The Kier molecular flexibility index (Phi) is 4.89. The van der Waals surface area contributed by atoms with Crippen LogP contribution in [0.1, 0.15) is 36.1 Å². The van der Waals surface area contributed by atoms with Gasteiger partial charge in [-0.2, -0.15) is 0 Å². The highest BCUT2D eigenvalue weighted by molar-refractivity contribution is 5.78. The molecule has 0 fully saturated rings. The van der Waals surface area contributed by atoms with E-state index in [-0.39, 0.29) is 0 Å². The van der Waals surface area contributed by atoms with Crippen molar-refractivity contribution in [2.75, 3.05) is 6.54 Å². The van der Waals surface area contributed by atoms with Gasteiger partial charge in [-0.05, 0) is 31.4 Å². The van der Waals surface area contributed by atoms with Gasteiger partial charge in [-0.3, -0.25) is 4.79 Å². The zero-order valence-corrected chi connectivity index (χ0v) is 11.0. The molecule has 0 bridgehead atoms. The quantitative estimate of drug-likeness (QED) is 0.787. The van der Waals surface area contributed by atoms with Crippen molar-refractivity contribution in [3.63, 3.8) is 0 Å². The van der Waals surface area contributed by atoms with E-state index in [2.05, 4.69) is 0 Å². The van der Waals surface area contributed by atoms with E-state index in [4.69, 9.17) is 0 Å². The maximum absolute atomic E-state index is 11.4. The van der Waals surface area contributed by atoms with Crippen LogP contribution in [-0.2, 0) is 9.59 Å². The summed E-state index contributed by atoms with van der Waals surface area (Å²) < 4.78 is 0. The maximum Gasteiger partial charge on any atom is 0.331 e. The van der Waals surface area contributed by atoms with Crippen molar-refractivity contribution in [1.29, 1.82) is 0 Å². The number of nitrogens with zero attached hydrogens (tertiary/aromatic N) is 1. The van der Waals surface area contributed by atoms with Gasteiger partial charge in [0, 0.05) is 6.54 Å². The zero-order chi connectivity index (χ0) is 13.7. The van der Waals surface area contributed by atoms with Crippen LogP contribution in [0.25, 0.3) is 0 Å². The van der Waals surface area contributed by atoms with Crippen molar-refractivity contribution < 1.29 is 14.7 Å². The summed E-state index contributed by atoms with van der Waals surface area (Å²) in [6.45, 7) is 6.12. The standard InChI is InChI=1S/C14H19NO3/c1-4-7-15(9-16)13(14(17)18)12-8-10(2)5-6-11(12)3/h5-6,8-9,13H,4,7H2,1-3H3,(H,17,18). The Morgan fingerprint density at radius 2 is 2.11 bits per heavy atom. The van der Waals surface area contributed by atoms with E-state index in [0.717, 1.165) is 17.5 Å².